The van der Waals surface area contributed by atoms with E-state index >= 15 is 0 Å². The van der Waals surface area contributed by atoms with Crippen LogP contribution in [-0.4, -0.2) is 6.18 Å². The summed E-state index contributed by atoms with van der Waals surface area (Å²) in [6, 6.07) is 5.40. The van der Waals surface area contributed by atoms with Gasteiger partial charge in [-0.3, -0.25) is 0 Å². The highest BCUT2D eigenvalue weighted by Gasteiger charge is 2.22. The van der Waals surface area contributed by atoms with Crippen molar-refractivity contribution in [1.82, 2.24) is 0 Å². The van der Waals surface area contributed by atoms with Crippen LogP contribution in [0.25, 0.3) is 6.08 Å². The van der Waals surface area contributed by atoms with Gasteiger partial charge in [0.1, 0.15) is 0 Å². The van der Waals surface area contributed by atoms with Gasteiger partial charge in [0.25, 0.3) is 0 Å². The molecule has 1 fully saturated rings. The third-order valence-electron chi connectivity index (χ3n) is 3.96. The summed E-state index contributed by atoms with van der Waals surface area (Å²) in [6.45, 7) is 2.26. The van der Waals surface area contributed by atoms with Crippen LogP contribution >= 0.6 is 11.6 Å². The molecule has 4 heteroatoms. The summed E-state index contributed by atoms with van der Waals surface area (Å²) >= 11 is 6.09. The van der Waals surface area contributed by atoms with Gasteiger partial charge in [-0.05, 0) is 47.9 Å². The Morgan fingerprint density at radius 2 is 1.80 bits per heavy atom. The zero-order chi connectivity index (χ0) is 14.8. The van der Waals surface area contributed by atoms with Crippen molar-refractivity contribution in [2.24, 2.45) is 5.92 Å². The van der Waals surface area contributed by atoms with E-state index in [4.69, 9.17) is 11.6 Å². The highest BCUT2D eigenvalue weighted by molar-refractivity contribution is 6.32. The molecule has 110 valence electrons. The van der Waals surface area contributed by atoms with Crippen LogP contribution < -0.4 is 0 Å². The quantitative estimate of drug-likeness (QED) is 0.609. The first kappa shape index (κ1) is 15.4. The molecule has 1 aromatic rings. The summed E-state index contributed by atoms with van der Waals surface area (Å²) in [6.07, 6.45) is 1.62. The lowest BCUT2D eigenvalue weighted by Crippen LogP contribution is -2.10. The highest BCUT2D eigenvalue weighted by atomic mass is 35.5. The second-order valence-corrected chi connectivity index (χ2v) is 6.02. The number of hydrogen-bond acceptors (Lipinski definition) is 0. The molecule has 1 aromatic carbocycles. The third-order valence-corrected chi connectivity index (χ3v) is 4.29. The van der Waals surface area contributed by atoms with Crippen LogP contribution in [0, 0.1) is 5.92 Å². The number of allylic oxidation sites excluding steroid dienone is 1. The molecule has 0 atom stereocenters. The van der Waals surface area contributed by atoms with Crippen LogP contribution in [0.5, 0.6) is 0 Å². The van der Waals surface area contributed by atoms with Gasteiger partial charge in [0.15, 0.2) is 0 Å². The molecule has 1 aliphatic carbocycles. The minimum Gasteiger partial charge on any atom is -0.167 e. The summed E-state index contributed by atoms with van der Waals surface area (Å²) < 4.78 is 36.4. The number of hydrogen-bond donors (Lipinski definition) is 0. The second-order valence-electron chi connectivity index (χ2n) is 5.61. The van der Waals surface area contributed by atoms with Crippen molar-refractivity contribution in [3.8, 4) is 0 Å². The number of rotatable bonds is 2. The molecule has 0 N–H and O–H groups in total. The van der Waals surface area contributed by atoms with Gasteiger partial charge in [-0.2, -0.15) is 13.2 Å². The van der Waals surface area contributed by atoms with E-state index < -0.39 is 6.18 Å². The average molecular weight is 303 g/mol. The van der Waals surface area contributed by atoms with E-state index in [0.29, 0.717) is 16.5 Å². The van der Waals surface area contributed by atoms with E-state index in [1.165, 1.54) is 12.8 Å². The average Bonchev–Trinajstić information content (AvgIpc) is 2.37. The molecule has 0 unspecified atom stereocenters. The summed E-state index contributed by atoms with van der Waals surface area (Å²) in [5, 5.41) is 0.390. The molecule has 0 saturated heterocycles. The summed E-state index contributed by atoms with van der Waals surface area (Å²) in [5.41, 5.74) is 1.56. The van der Waals surface area contributed by atoms with Crippen molar-refractivity contribution in [2.75, 3.05) is 0 Å². The van der Waals surface area contributed by atoms with Crippen LogP contribution in [0.3, 0.4) is 0 Å². The Balaban J connectivity index is 2.12. The maximum Gasteiger partial charge on any atom is 0.409 e. The van der Waals surface area contributed by atoms with Gasteiger partial charge in [0.2, 0.25) is 0 Å². The lowest BCUT2D eigenvalue weighted by atomic mass is 9.79. The standard InChI is InChI=1S/C16H18ClF3/c1-11-2-4-12(5-3-11)14-7-6-13(15(17)10-14)8-9-16(18,19)20/h6-12H,2-5H2,1H3/b9-8+. The lowest BCUT2D eigenvalue weighted by Gasteiger charge is -2.26. The van der Waals surface area contributed by atoms with E-state index in [1.54, 1.807) is 6.07 Å². The van der Waals surface area contributed by atoms with E-state index in [-0.39, 0.29) is 6.08 Å². The molecule has 0 radical (unpaired) electrons. The molecule has 20 heavy (non-hydrogen) atoms. The van der Waals surface area contributed by atoms with Gasteiger partial charge in [-0.1, -0.05) is 43.5 Å². The molecule has 0 bridgehead atoms. The lowest BCUT2D eigenvalue weighted by molar-refractivity contribution is -0.0790. The van der Waals surface area contributed by atoms with Crippen LogP contribution in [0.2, 0.25) is 5.02 Å². The smallest absolute Gasteiger partial charge is 0.167 e. The Hall–Kier alpha value is -0.960. The van der Waals surface area contributed by atoms with Crippen LogP contribution in [0.4, 0.5) is 13.2 Å². The normalized spacial score (nSPS) is 24.2. The fraction of sp³-hybridized carbons (Fsp3) is 0.500. The molecule has 1 saturated carbocycles. The fourth-order valence-corrected chi connectivity index (χ4v) is 2.96. The second kappa shape index (κ2) is 6.21. The van der Waals surface area contributed by atoms with Gasteiger partial charge < -0.3 is 0 Å². The van der Waals surface area contributed by atoms with E-state index in [1.807, 2.05) is 12.1 Å². The molecule has 0 spiro atoms. The van der Waals surface area contributed by atoms with E-state index in [9.17, 15) is 13.2 Å². The van der Waals surface area contributed by atoms with Crippen LogP contribution in [0.1, 0.15) is 49.7 Å². The summed E-state index contributed by atoms with van der Waals surface area (Å²) in [7, 11) is 0. The summed E-state index contributed by atoms with van der Waals surface area (Å²) in [4.78, 5) is 0. The number of benzene rings is 1. The van der Waals surface area contributed by atoms with Gasteiger partial charge >= 0.3 is 6.18 Å². The first-order valence-corrected chi connectivity index (χ1v) is 7.28. The van der Waals surface area contributed by atoms with Crippen LogP contribution in [-0.2, 0) is 0 Å². The van der Waals surface area contributed by atoms with Crippen molar-refractivity contribution >= 4 is 17.7 Å². The summed E-state index contributed by atoms with van der Waals surface area (Å²) in [5.74, 6) is 1.26. The Morgan fingerprint density at radius 1 is 1.15 bits per heavy atom. The maximum atomic E-state index is 12.1. The van der Waals surface area contributed by atoms with Crippen molar-refractivity contribution in [2.45, 2.75) is 44.7 Å². The maximum absolute atomic E-state index is 12.1. The molecule has 0 amide bonds. The number of halogens is 4. The Labute approximate surface area is 122 Å². The predicted molar refractivity (Wildman–Crippen MR) is 76.9 cm³/mol. The monoisotopic (exact) mass is 302 g/mol. The van der Waals surface area contributed by atoms with E-state index in [0.717, 1.165) is 30.4 Å². The van der Waals surface area contributed by atoms with Gasteiger partial charge in [0.05, 0.1) is 0 Å². The van der Waals surface area contributed by atoms with E-state index in [2.05, 4.69) is 6.92 Å². The zero-order valence-electron chi connectivity index (χ0n) is 11.4. The molecule has 0 heterocycles. The third kappa shape index (κ3) is 4.27. The van der Waals surface area contributed by atoms with Crippen LogP contribution in [0.15, 0.2) is 24.3 Å². The minimum atomic E-state index is -4.30. The van der Waals surface area contributed by atoms with Gasteiger partial charge in [-0.15, -0.1) is 0 Å². The zero-order valence-corrected chi connectivity index (χ0v) is 12.1. The minimum absolute atomic E-state index is 0.218. The van der Waals surface area contributed by atoms with Crippen molar-refractivity contribution in [3.63, 3.8) is 0 Å². The Bertz CT molecular complexity index is 483. The fourth-order valence-electron chi connectivity index (χ4n) is 2.71. The molecule has 0 aromatic heterocycles. The van der Waals surface area contributed by atoms with Crippen molar-refractivity contribution in [3.05, 3.63) is 40.4 Å². The number of alkyl halides is 3. The molecule has 0 nitrogen and oxygen atoms in total. The molecular weight excluding hydrogens is 285 g/mol. The Kier molecular flexibility index (Phi) is 4.79. The van der Waals surface area contributed by atoms with Crippen molar-refractivity contribution < 1.29 is 13.2 Å². The Morgan fingerprint density at radius 3 is 2.35 bits per heavy atom. The molecule has 0 aliphatic heterocycles. The predicted octanol–water partition coefficient (Wildman–Crippen LogP) is 6.21. The first-order valence-electron chi connectivity index (χ1n) is 6.90. The highest BCUT2D eigenvalue weighted by Crippen LogP contribution is 2.37. The van der Waals surface area contributed by atoms with Gasteiger partial charge in [0, 0.05) is 11.1 Å². The first-order chi connectivity index (χ1) is 9.35. The SMILES string of the molecule is CC1CCC(c2ccc(/C=C/C(F)(F)F)c(Cl)c2)CC1. The van der Waals surface area contributed by atoms with Gasteiger partial charge in [-0.25, -0.2) is 0 Å². The largest absolute Gasteiger partial charge is 0.409 e. The molecular formula is C16H18ClF3. The van der Waals surface area contributed by atoms with Crippen molar-refractivity contribution in [1.29, 1.82) is 0 Å². The molecule has 2 rings (SSSR count). The topological polar surface area (TPSA) is 0 Å². The molecule has 1 aliphatic rings.